The van der Waals surface area contributed by atoms with E-state index in [9.17, 15) is 16.8 Å². The molecule has 0 fully saturated rings. The fourth-order valence-corrected chi connectivity index (χ4v) is 5.37. The topological polar surface area (TPSA) is 164 Å². The fraction of sp³-hybridized carbons (Fsp3) is 0.130. The number of primary sulfonamides is 1. The Morgan fingerprint density at radius 1 is 0.914 bits per heavy atom. The number of hydrogen-bond donors (Lipinski definition) is 4. The van der Waals surface area contributed by atoms with E-state index < -0.39 is 20.0 Å². The molecule has 35 heavy (non-hydrogen) atoms. The maximum atomic E-state index is 12.7. The monoisotopic (exact) mass is 513 g/mol. The Labute approximate surface area is 202 Å². The van der Waals surface area contributed by atoms with Gasteiger partial charge in [-0.3, -0.25) is 0 Å². The van der Waals surface area contributed by atoms with Gasteiger partial charge in [0.2, 0.25) is 20.0 Å². The van der Waals surface area contributed by atoms with Crippen molar-refractivity contribution in [2.75, 3.05) is 18.5 Å². The highest BCUT2D eigenvalue weighted by atomic mass is 32.2. The lowest BCUT2D eigenvalue weighted by atomic mass is 10.0. The second-order valence-electron chi connectivity index (χ2n) is 7.74. The number of aryl methyl sites for hydroxylation is 1. The molecule has 182 valence electrons. The highest BCUT2D eigenvalue weighted by Crippen LogP contribution is 2.32. The molecule has 12 heteroatoms. The lowest BCUT2D eigenvalue weighted by molar-refractivity contribution is 0.301. The lowest BCUT2D eigenvalue weighted by Crippen LogP contribution is -2.27. The maximum absolute atomic E-state index is 12.7. The third-order valence-corrected chi connectivity index (χ3v) is 7.82. The molecule has 0 aliphatic heterocycles. The van der Waals surface area contributed by atoms with Gasteiger partial charge < -0.3 is 10.4 Å². The molecule has 0 atom stereocenters. The van der Waals surface area contributed by atoms with Crippen molar-refractivity contribution in [3.05, 3.63) is 72.3 Å². The SMILES string of the molecule is Cc1ccc(-c2nnc(Nc3ccc(S(N)(=O)=O)cc3)c3ccccc23)cc1S(=O)(=O)NCCO. The van der Waals surface area contributed by atoms with Crippen molar-refractivity contribution in [2.45, 2.75) is 16.7 Å². The molecule has 4 aromatic rings. The first kappa shape index (κ1) is 24.7. The van der Waals surface area contributed by atoms with Crippen molar-refractivity contribution in [1.29, 1.82) is 0 Å². The number of sulfonamides is 2. The van der Waals surface area contributed by atoms with E-state index in [2.05, 4.69) is 20.2 Å². The zero-order chi connectivity index (χ0) is 25.2. The molecule has 4 rings (SSSR count). The number of aromatic nitrogens is 2. The molecule has 0 radical (unpaired) electrons. The molecule has 3 aromatic carbocycles. The summed E-state index contributed by atoms with van der Waals surface area (Å²) in [6, 6.07) is 18.3. The summed E-state index contributed by atoms with van der Waals surface area (Å²) in [5.74, 6) is 0.442. The van der Waals surface area contributed by atoms with E-state index in [-0.39, 0.29) is 22.9 Å². The minimum absolute atomic E-state index is 0.00653. The Morgan fingerprint density at radius 2 is 1.60 bits per heavy atom. The van der Waals surface area contributed by atoms with Crippen LogP contribution in [0.5, 0.6) is 0 Å². The Balaban J connectivity index is 1.76. The second-order valence-corrected chi connectivity index (χ2v) is 11.0. The Bertz CT molecular complexity index is 1610. The van der Waals surface area contributed by atoms with Gasteiger partial charge in [0.1, 0.15) is 5.69 Å². The van der Waals surface area contributed by atoms with E-state index in [1.807, 2.05) is 24.3 Å². The first-order valence-electron chi connectivity index (χ1n) is 10.5. The molecule has 0 aliphatic rings. The van der Waals surface area contributed by atoms with Gasteiger partial charge >= 0.3 is 0 Å². The van der Waals surface area contributed by atoms with Crippen LogP contribution in [-0.2, 0) is 20.0 Å². The molecule has 1 heterocycles. The number of aliphatic hydroxyl groups excluding tert-OH is 1. The van der Waals surface area contributed by atoms with E-state index in [4.69, 9.17) is 10.2 Å². The average Bonchev–Trinajstić information content (AvgIpc) is 2.83. The molecular formula is C23H23N5O5S2. The summed E-state index contributed by atoms with van der Waals surface area (Å²) in [7, 11) is -7.62. The number of aliphatic hydroxyl groups is 1. The van der Waals surface area contributed by atoms with Crippen LogP contribution in [0.2, 0.25) is 0 Å². The first-order chi connectivity index (χ1) is 16.6. The van der Waals surface area contributed by atoms with Crippen LogP contribution >= 0.6 is 0 Å². The number of rotatable bonds is 8. The molecule has 0 spiro atoms. The number of anilines is 2. The van der Waals surface area contributed by atoms with Crippen LogP contribution in [-0.4, -0.2) is 45.3 Å². The largest absolute Gasteiger partial charge is 0.395 e. The standard InChI is InChI=1S/C23H23N5O5S2/c1-15-6-7-16(14-21(15)35(32,33)25-12-13-29)22-19-4-2-3-5-20(19)23(28-27-22)26-17-8-10-18(11-9-17)34(24,30)31/h2-11,14,25,29H,12-13H2,1H3,(H,26,28)(H2,24,30,31). The zero-order valence-corrected chi connectivity index (χ0v) is 20.3. The van der Waals surface area contributed by atoms with Gasteiger partial charge in [-0.25, -0.2) is 26.7 Å². The number of benzene rings is 3. The molecule has 0 unspecified atom stereocenters. The van der Waals surface area contributed by atoms with Gasteiger partial charge in [-0.15, -0.1) is 10.2 Å². The number of hydrogen-bond acceptors (Lipinski definition) is 8. The smallest absolute Gasteiger partial charge is 0.240 e. The van der Waals surface area contributed by atoms with E-state index in [1.54, 1.807) is 31.2 Å². The molecule has 0 saturated heterocycles. The number of nitrogens with two attached hydrogens (primary N) is 1. The average molecular weight is 514 g/mol. The summed E-state index contributed by atoms with van der Waals surface area (Å²) >= 11 is 0. The molecule has 0 saturated carbocycles. The normalized spacial score (nSPS) is 12.1. The Morgan fingerprint density at radius 3 is 2.26 bits per heavy atom. The van der Waals surface area contributed by atoms with Crippen LogP contribution < -0.4 is 15.2 Å². The van der Waals surface area contributed by atoms with Gasteiger partial charge in [0, 0.05) is 28.6 Å². The maximum Gasteiger partial charge on any atom is 0.240 e. The van der Waals surface area contributed by atoms with Gasteiger partial charge in [-0.1, -0.05) is 36.4 Å². The summed E-state index contributed by atoms with van der Waals surface area (Å²) in [6.45, 7) is 1.29. The van der Waals surface area contributed by atoms with Gasteiger partial charge in [0.15, 0.2) is 5.82 Å². The summed E-state index contributed by atoms with van der Waals surface area (Å²) in [5.41, 5.74) is 2.20. The van der Waals surface area contributed by atoms with Gasteiger partial charge in [-0.2, -0.15) is 0 Å². The predicted octanol–water partition coefficient (Wildman–Crippen LogP) is 2.27. The Kier molecular flexibility index (Phi) is 6.83. The van der Waals surface area contributed by atoms with Gasteiger partial charge in [-0.05, 0) is 42.8 Å². The first-order valence-corrected chi connectivity index (χ1v) is 13.5. The molecule has 5 N–H and O–H groups in total. The molecule has 10 nitrogen and oxygen atoms in total. The van der Waals surface area contributed by atoms with Crippen LogP contribution in [0.1, 0.15) is 5.56 Å². The Hall–Kier alpha value is -3.42. The van der Waals surface area contributed by atoms with E-state index in [1.165, 1.54) is 18.2 Å². The molecule has 0 aliphatic carbocycles. The molecule has 1 aromatic heterocycles. The molecular weight excluding hydrogens is 490 g/mol. The van der Waals surface area contributed by atoms with Crippen molar-refractivity contribution in [2.24, 2.45) is 5.14 Å². The summed E-state index contributed by atoms with van der Waals surface area (Å²) in [4.78, 5) is 0.0828. The van der Waals surface area contributed by atoms with E-state index in [0.29, 0.717) is 28.3 Å². The summed E-state index contributed by atoms with van der Waals surface area (Å²) < 4.78 is 50.7. The van der Waals surface area contributed by atoms with E-state index in [0.717, 1.165) is 10.8 Å². The summed E-state index contributed by atoms with van der Waals surface area (Å²) in [6.07, 6.45) is 0. The zero-order valence-electron chi connectivity index (χ0n) is 18.6. The number of fused-ring (bicyclic) bond motifs is 1. The van der Waals surface area contributed by atoms with Crippen molar-refractivity contribution in [3.63, 3.8) is 0 Å². The van der Waals surface area contributed by atoms with Crippen molar-refractivity contribution >= 4 is 42.3 Å². The third-order valence-electron chi connectivity index (χ3n) is 5.29. The predicted molar refractivity (Wildman–Crippen MR) is 133 cm³/mol. The quantitative estimate of drug-likeness (QED) is 0.279. The van der Waals surface area contributed by atoms with Crippen molar-refractivity contribution in [3.8, 4) is 11.3 Å². The minimum Gasteiger partial charge on any atom is -0.395 e. The number of nitrogens with one attached hydrogen (secondary N) is 2. The minimum atomic E-state index is -3.82. The third kappa shape index (κ3) is 5.31. The van der Waals surface area contributed by atoms with Crippen LogP contribution in [0.3, 0.4) is 0 Å². The number of nitrogens with zero attached hydrogens (tertiary/aromatic N) is 2. The highest BCUT2D eigenvalue weighted by molar-refractivity contribution is 7.89. The fourth-order valence-electron chi connectivity index (χ4n) is 3.57. The van der Waals surface area contributed by atoms with E-state index >= 15 is 0 Å². The van der Waals surface area contributed by atoms with Crippen LogP contribution in [0, 0.1) is 6.92 Å². The molecule has 0 amide bonds. The van der Waals surface area contributed by atoms with Gasteiger partial charge in [0.25, 0.3) is 0 Å². The van der Waals surface area contributed by atoms with Crippen LogP contribution in [0.4, 0.5) is 11.5 Å². The van der Waals surface area contributed by atoms with Gasteiger partial charge in [0.05, 0.1) is 16.4 Å². The highest BCUT2D eigenvalue weighted by Gasteiger charge is 2.19. The van der Waals surface area contributed by atoms with Crippen molar-refractivity contribution < 1.29 is 21.9 Å². The lowest BCUT2D eigenvalue weighted by Gasteiger charge is -2.13. The summed E-state index contributed by atoms with van der Waals surface area (Å²) in [5, 5.41) is 27.4. The molecule has 0 bridgehead atoms. The van der Waals surface area contributed by atoms with Crippen LogP contribution in [0.25, 0.3) is 22.0 Å². The van der Waals surface area contributed by atoms with Crippen molar-refractivity contribution in [1.82, 2.24) is 14.9 Å². The van der Waals surface area contributed by atoms with Crippen LogP contribution in [0.15, 0.2) is 76.5 Å². The second kappa shape index (κ2) is 9.68.